The molecular weight excluding hydrogens is 433 g/mol. The van der Waals surface area contributed by atoms with Gasteiger partial charge in [-0.3, -0.25) is 9.59 Å². The Morgan fingerprint density at radius 1 is 1.00 bits per heavy atom. The van der Waals surface area contributed by atoms with Crippen LogP contribution in [0.5, 0.6) is 0 Å². The normalized spacial score (nSPS) is 25.5. The van der Waals surface area contributed by atoms with Crippen LogP contribution in [0.25, 0.3) is 0 Å². The Hall–Kier alpha value is -2.97. The minimum atomic E-state index is -0.303. The number of amides is 2. The molecule has 0 bridgehead atoms. The smallest absolute Gasteiger partial charge is 0.247 e. The number of carbonyl (C=O) groups excluding carboxylic acids is 2. The standard InChI is InChI=1S/C26H32FN5O2/c1-2-12-29-17-20(24-21(18-29)26(34)32(28-24)19-8-4-3-5-9-19)25(33)31-15-13-30(14-16-31)23-11-7-6-10-22(23)27/h3-11,20-21,24,28H,2,12-18H2,1H3. The topological polar surface area (TPSA) is 59.1 Å². The molecule has 180 valence electrons. The van der Waals surface area contributed by atoms with Gasteiger partial charge in [-0.25, -0.2) is 14.8 Å². The summed E-state index contributed by atoms with van der Waals surface area (Å²) in [5.41, 5.74) is 4.77. The molecule has 3 aliphatic heterocycles. The quantitative estimate of drug-likeness (QED) is 0.735. The van der Waals surface area contributed by atoms with Crippen LogP contribution >= 0.6 is 0 Å². The summed E-state index contributed by atoms with van der Waals surface area (Å²) < 4.78 is 14.2. The van der Waals surface area contributed by atoms with Crippen molar-refractivity contribution in [3.05, 3.63) is 60.4 Å². The van der Waals surface area contributed by atoms with Gasteiger partial charge in [0.15, 0.2) is 0 Å². The molecule has 34 heavy (non-hydrogen) atoms. The molecule has 5 rings (SSSR count). The van der Waals surface area contributed by atoms with Crippen molar-refractivity contribution < 1.29 is 14.0 Å². The number of anilines is 2. The highest BCUT2D eigenvalue weighted by Crippen LogP contribution is 2.33. The van der Waals surface area contributed by atoms with E-state index in [4.69, 9.17) is 0 Å². The molecule has 3 aliphatic rings. The largest absolute Gasteiger partial charge is 0.366 e. The number of hydrogen-bond donors (Lipinski definition) is 1. The zero-order valence-electron chi connectivity index (χ0n) is 19.6. The number of carbonyl (C=O) groups is 2. The molecule has 3 fully saturated rings. The number of halogens is 1. The van der Waals surface area contributed by atoms with Gasteiger partial charge in [-0.05, 0) is 37.2 Å². The number of benzene rings is 2. The molecule has 3 heterocycles. The Balaban J connectivity index is 1.32. The molecular formula is C26H32FN5O2. The fourth-order valence-electron chi connectivity index (χ4n) is 5.55. The molecule has 0 saturated carbocycles. The second kappa shape index (κ2) is 9.72. The van der Waals surface area contributed by atoms with Gasteiger partial charge in [0.1, 0.15) is 5.82 Å². The average molecular weight is 466 g/mol. The number of fused-ring (bicyclic) bond motifs is 1. The number of piperazine rings is 1. The maximum Gasteiger partial charge on any atom is 0.247 e. The monoisotopic (exact) mass is 465 g/mol. The van der Waals surface area contributed by atoms with E-state index >= 15 is 0 Å². The molecule has 7 nitrogen and oxygen atoms in total. The molecule has 3 unspecified atom stereocenters. The highest BCUT2D eigenvalue weighted by atomic mass is 19.1. The summed E-state index contributed by atoms with van der Waals surface area (Å²) in [4.78, 5) is 33.2. The van der Waals surface area contributed by atoms with Crippen molar-refractivity contribution in [1.29, 1.82) is 0 Å². The van der Waals surface area contributed by atoms with E-state index in [2.05, 4.69) is 17.2 Å². The van der Waals surface area contributed by atoms with Crippen LogP contribution in [-0.4, -0.2) is 73.5 Å². The van der Waals surface area contributed by atoms with Crippen molar-refractivity contribution in [2.75, 3.05) is 55.7 Å². The first-order valence-electron chi connectivity index (χ1n) is 12.2. The van der Waals surface area contributed by atoms with Gasteiger partial charge in [0.2, 0.25) is 11.8 Å². The van der Waals surface area contributed by atoms with Gasteiger partial charge in [-0.1, -0.05) is 37.3 Å². The summed E-state index contributed by atoms with van der Waals surface area (Å²) in [6.45, 7) is 6.57. The lowest BCUT2D eigenvalue weighted by Gasteiger charge is -2.42. The van der Waals surface area contributed by atoms with Crippen LogP contribution in [0.2, 0.25) is 0 Å². The SMILES string of the molecule is CCCN1CC(C(=O)N2CCN(c3ccccc3F)CC2)C2NN(c3ccccc3)C(=O)C2C1. The second-order valence-electron chi connectivity index (χ2n) is 9.40. The fourth-order valence-corrected chi connectivity index (χ4v) is 5.55. The summed E-state index contributed by atoms with van der Waals surface area (Å²) in [7, 11) is 0. The maximum atomic E-state index is 14.2. The zero-order chi connectivity index (χ0) is 23.7. The summed E-state index contributed by atoms with van der Waals surface area (Å²) in [6, 6.07) is 16.1. The Morgan fingerprint density at radius 3 is 2.41 bits per heavy atom. The highest BCUT2D eigenvalue weighted by Gasteiger charge is 2.51. The number of hydrazine groups is 1. The number of piperidine rings is 1. The zero-order valence-corrected chi connectivity index (χ0v) is 19.6. The van der Waals surface area contributed by atoms with E-state index in [1.165, 1.54) is 6.07 Å². The van der Waals surface area contributed by atoms with Crippen LogP contribution in [0.3, 0.4) is 0 Å². The first kappa shape index (κ1) is 22.8. The maximum absolute atomic E-state index is 14.2. The van der Waals surface area contributed by atoms with Crippen LogP contribution in [-0.2, 0) is 9.59 Å². The van der Waals surface area contributed by atoms with Gasteiger partial charge in [0, 0.05) is 39.3 Å². The van der Waals surface area contributed by atoms with Crippen LogP contribution < -0.4 is 15.3 Å². The molecule has 2 aromatic carbocycles. The highest BCUT2D eigenvalue weighted by molar-refractivity contribution is 5.98. The summed E-state index contributed by atoms with van der Waals surface area (Å²) in [5.74, 6) is -0.683. The van der Waals surface area contributed by atoms with E-state index in [9.17, 15) is 14.0 Å². The van der Waals surface area contributed by atoms with Gasteiger partial charge in [0.05, 0.1) is 29.3 Å². The lowest BCUT2D eigenvalue weighted by Crippen LogP contribution is -2.60. The Morgan fingerprint density at radius 2 is 1.71 bits per heavy atom. The summed E-state index contributed by atoms with van der Waals surface area (Å²) in [5, 5.41) is 1.63. The molecule has 0 aromatic heterocycles. The third-order valence-corrected chi connectivity index (χ3v) is 7.25. The van der Waals surface area contributed by atoms with E-state index in [0.29, 0.717) is 45.0 Å². The number of likely N-dealkylation sites (tertiary alicyclic amines) is 1. The molecule has 2 amide bonds. The predicted molar refractivity (Wildman–Crippen MR) is 130 cm³/mol. The first-order chi connectivity index (χ1) is 16.6. The first-order valence-corrected chi connectivity index (χ1v) is 12.2. The number of hydrogen-bond acceptors (Lipinski definition) is 5. The van der Waals surface area contributed by atoms with Gasteiger partial charge in [0.25, 0.3) is 0 Å². The Bertz CT molecular complexity index is 1030. The Labute approximate surface area is 200 Å². The number of nitrogens with zero attached hydrogens (tertiary/aromatic N) is 4. The molecule has 3 saturated heterocycles. The average Bonchev–Trinajstić information content (AvgIpc) is 3.21. The molecule has 8 heteroatoms. The number of rotatable bonds is 5. The second-order valence-corrected chi connectivity index (χ2v) is 9.40. The molecule has 0 spiro atoms. The van der Waals surface area contributed by atoms with Crippen molar-refractivity contribution in [2.45, 2.75) is 19.4 Å². The van der Waals surface area contributed by atoms with E-state index < -0.39 is 0 Å². The van der Waals surface area contributed by atoms with Crippen LogP contribution in [0.4, 0.5) is 15.8 Å². The Kier molecular flexibility index (Phi) is 6.52. The van der Waals surface area contributed by atoms with Gasteiger partial charge >= 0.3 is 0 Å². The summed E-state index contributed by atoms with van der Waals surface area (Å²) >= 11 is 0. The van der Waals surface area contributed by atoms with Crippen molar-refractivity contribution in [2.24, 2.45) is 11.8 Å². The van der Waals surface area contributed by atoms with E-state index in [1.807, 2.05) is 46.2 Å². The van der Waals surface area contributed by atoms with Crippen molar-refractivity contribution in [3.8, 4) is 0 Å². The molecule has 1 N–H and O–H groups in total. The van der Waals surface area contributed by atoms with E-state index in [-0.39, 0.29) is 35.5 Å². The minimum Gasteiger partial charge on any atom is -0.366 e. The lowest BCUT2D eigenvalue weighted by atomic mass is 9.83. The van der Waals surface area contributed by atoms with Crippen molar-refractivity contribution >= 4 is 23.2 Å². The minimum absolute atomic E-state index is 0.0270. The predicted octanol–water partition coefficient (Wildman–Crippen LogP) is 2.35. The van der Waals surface area contributed by atoms with E-state index in [1.54, 1.807) is 17.1 Å². The van der Waals surface area contributed by atoms with E-state index in [0.717, 1.165) is 18.7 Å². The molecule has 3 atom stereocenters. The summed E-state index contributed by atoms with van der Waals surface area (Å²) in [6.07, 6.45) is 0.976. The van der Waals surface area contributed by atoms with Crippen molar-refractivity contribution in [1.82, 2.24) is 15.2 Å². The fraction of sp³-hybridized carbons (Fsp3) is 0.462. The molecule has 0 aliphatic carbocycles. The van der Waals surface area contributed by atoms with Crippen LogP contribution in [0, 0.1) is 17.7 Å². The lowest BCUT2D eigenvalue weighted by molar-refractivity contribution is -0.140. The van der Waals surface area contributed by atoms with Gasteiger partial charge in [-0.15, -0.1) is 0 Å². The molecule has 0 radical (unpaired) electrons. The third kappa shape index (κ3) is 4.28. The van der Waals surface area contributed by atoms with Crippen molar-refractivity contribution in [3.63, 3.8) is 0 Å². The van der Waals surface area contributed by atoms with Gasteiger partial charge < -0.3 is 14.7 Å². The number of nitrogens with one attached hydrogen (secondary N) is 1. The van der Waals surface area contributed by atoms with Gasteiger partial charge in [-0.2, -0.15) is 0 Å². The third-order valence-electron chi connectivity index (χ3n) is 7.25. The number of para-hydroxylation sites is 2. The van der Waals surface area contributed by atoms with Crippen LogP contribution in [0.15, 0.2) is 54.6 Å². The van der Waals surface area contributed by atoms with Crippen LogP contribution in [0.1, 0.15) is 13.3 Å². The molecule has 2 aromatic rings.